The number of anilines is 1. The minimum absolute atomic E-state index is 0.301. The molecule has 0 amide bonds. The van der Waals surface area contributed by atoms with Crippen LogP contribution in [0.5, 0.6) is 6.01 Å². The van der Waals surface area contributed by atoms with Gasteiger partial charge in [-0.25, -0.2) is 0 Å². The summed E-state index contributed by atoms with van der Waals surface area (Å²) in [4.78, 5) is 8.00. The number of benzene rings is 1. The molecule has 0 aliphatic carbocycles. The van der Waals surface area contributed by atoms with Crippen molar-refractivity contribution < 1.29 is 4.74 Å². The van der Waals surface area contributed by atoms with E-state index >= 15 is 0 Å². The molecule has 1 radical (unpaired) electrons. The van der Waals surface area contributed by atoms with Crippen LogP contribution in [-0.2, 0) is 0 Å². The topological polar surface area (TPSA) is 61.0 Å². The number of aromatic nitrogens is 2. The normalized spacial score (nSPS) is 9.93. The second-order valence-electron chi connectivity index (χ2n) is 2.99. The highest BCUT2D eigenvalue weighted by molar-refractivity contribution is 5.63. The number of hydrogen-bond acceptors (Lipinski definition) is 4. The van der Waals surface area contributed by atoms with Gasteiger partial charge in [0.15, 0.2) is 0 Å². The lowest BCUT2D eigenvalue weighted by atomic mass is 10.1. The van der Waals surface area contributed by atoms with Crippen molar-refractivity contribution in [1.29, 1.82) is 0 Å². The van der Waals surface area contributed by atoms with Crippen LogP contribution in [0.2, 0.25) is 0 Å². The summed E-state index contributed by atoms with van der Waals surface area (Å²) in [5, 5.41) is 0. The molecule has 4 heteroatoms. The van der Waals surface area contributed by atoms with Crippen LogP contribution in [0.15, 0.2) is 30.3 Å². The zero-order chi connectivity index (χ0) is 10.7. The quantitative estimate of drug-likeness (QED) is 0.747. The largest absolute Gasteiger partial charge is 0.467 e. The van der Waals surface area contributed by atoms with Gasteiger partial charge in [-0.05, 0) is 18.2 Å². The zero-order valence-corrected chi connectivity index (χ0v) is 8.27. The van der Waals surface area contributed by atoms with Crippen molar-refractivity contribution in [1.82, 2.24) is 9.97 Å². The monoisotopic (exact) mass is 200 g/mol. The first-order valence-corrected chi connectivity index (χ1v) is 4.44. The number of hydrogen-bond donors (Lipinski definition) is 1. The molecule has 1 aromatic heterocycles. The van der Waals surface area contributed by atoms with Crippen LogP contribution in [0.1, 0.15) is 0 Å². The maximum absolute atomic E-state index is 5.68. The molecule has 2 rings (SSSR count). The summed E-state index contributed by atoms with van der Waals surface area (Å²) >= 11 is 0. The Labute approximate surface area is 87.7 Å². The van der Waals surface area contributed by atoms with E-state index in [9.17, 15) is 0 Å². The highest BCUT2D eigenvalue weighted by Gasteiger charge is 2.02. The van der Waals surface area contributed by atoms with Gasteiger partial charge in [0.05, 0.1) is 19.0 Å². The van der Waals surface area contributed by atoms with E-state index in [0.717, 1.165) is 11.3 Å². The first kappa shape index (κ1) is 9.45. The predicted molar refractivity (Wildman–Crippen MR) is 57.3 cm³/mol. The summed E-state index contributed by atoms with van der Waals surface area (Å²) in [5.41, 5.74) is 8.05. The van der Waals surface area contributed by atoms with Crippen LogP contribution in [0.4, 0.5) is 5.69 Å². The van der Waals surface area contributed by atoms with E-state index in [1.807, 2.05) is 24.3 Å². The van der Waals surface area contributed by atoms with E-state index in [4.69, 9.17) is 10.5 Å². The van der Waals surface area contributed by atoms with E-state index in [2.05, 4.69) is 16.2 Å². The van der Waals surface area contributed by atoms with Crippen molar-refractivity contribution in [2.75, 3.05) is 12.8 Å². The fourth-order valence-corrected chi connectivity index (χ4v) is 1.25. The predicted octanol–water partition coefficient (Wildman–Crippen LogP) is 1.53. The Morgan fingerprint density at radius 1 is 1.40 bits per heavy atom. The summed E-state index contributed by atoms with van der Waals surface area (Å²) < 4.78 is 4.92. The molecular weight excluding hydrogens is 190 g/mol. The van der Waals surface area contributed by atoms with Crippen molar-refractivity contribution >= 4 is 5.69 Å². The van der Waals surface area contributed by atoms with Crippen molar-refractivity contribution in [3.63, 3.8) is 0 Å². The van der Waals surface area contributed by atoms with Gasteiger partial charge in [0, 0.05) is 11.3 Å². The van der Waals surface area contributed by atoms with Crippen molar-refractivity contribution in [3.8, 4) is 17.3 Å². The number of nitrogen functional groups attached to an aromatic ring is 1. The molecule has 0 aliphatic heterocycles. The molecule has 75 valence electrons. The summed E-state index contributed by atoms with van der Waals surface area (Å²) in [5.74, 6) is 0. The summed E-state index contributed by atoms with van der Waals surface area (Å²) in [6.45, 7) is 0. The van der Waals surface area contributed by atoms with E-state index in [1.54, 1.807) is 6.07 Å². The molecule has 2 N–H and O–H groups in total. The van der Waals surface area contributed by atoms with Gasteiger partial charge in [0.25, 0.3) is 0 Å². The molecule has 2 aromatic rings. The highest BCUT2D eigenvalue weighted by Crippen LogP contribution is 2.19. The molecule has 0 saturated carbocycles. The summed E-state index contributed by atoms with van der Waals surface area (Å²) in [6.07, 6.45) is 2.72. The Morgan fingerprint density at radius 2 is 2.27 bits per heavy atom. The number of ether oxygens (including phenoxy) is 1. The molecule has 0 spiro atoms. The first-order chi connectivity index (χ1) is 7.29. The SMILES string of the molecule is COc1n[c]cc(-c2cccc(N)c2)n1. The maximum Gasteiger partial charge on any atom is 0.317 e. The highest BCUT2D eigenvalue weighted by atomic mass is 16.5. The summed E-state index contributed by atoms with van der Waals surface area (Å²) in [6, 6.07) is 9.46. The smallest absolute Gasteiger partial charge is 0.317 e. The van der Waals surface area contributed by atoms with E-state index in [-0.39, 0.29) is 0 Å². The van der Waals surface area contributed by atoms with Crippen LogP contribution in [-0.4, -0.2) is 17.1 Å². The van der Waals surface area contributed by atoms with Crippen LogP contribution in [0, 0.1) is 6.20 Å². The average molecular weight is 200 g/mol. The van der Waals surface area contributed by atoms with Gasteiger partial charge >= 0.3 is 6.01 Å². The summed E-state index contributed by atoms with van der Waals surface area (Å²) in [7, 11) is 1.52. The minimum atomic E-state index is 0.301. The van der Waals surface area contributed by atoms with Crippen LogP contribution in [0.25, 0.3) is 11.3 Å². The molecule has 0 aliphatic rings. The van der Waals surface area contributed by atoms with Crippen LogP contribution in [0.3, 0.4) is 0 Å². The van der Waals surface area contributed by atoms with Gasteiger partial charge in [-0.15, -0.1) is 0 Å². The Kier molecular flexibility index (Phi) is 2.49. The van der Waals surface area contributed by atoms with E-state index < -0.39 is 0 Å². The van der Waals surface area contributed by atoms with Crippen molar-refractivity contribution in [3.05, 3.63) is 36.5 Å². The second-order valence-corrected chi connectivity index (χ2v) is 2.99. The maximum atomic E-state index is 5.68. The fraction of sp³-hybridized carbons (Fsp3) is 0.0909. The second kappa shape index (κ2) is 3.96. The molecule has 0 unspecified atom stereocenters. The lowest BCUT2D eigenvalue weighted by Gasteiger charge is -2.02. The van der Waals surface area contributed by atoms with Crippen molar-refractivity contribution in [2.24, 2.45) is 0 Å². The van der Waals surface area contributed by atoms with Gasteiger partial charge in [0.2, 0.25) is 0 Å². The Bertz CT molecular complexity index is 471. The standard InChI is InChI=1S/C11H10N3O/c1-15-11-13-6-5-10(14-11)8-3-2-4-9(12)7-8/h2-5,7H,12H2,1H3. The number of nitrogens with two attached hydrogens (primary N) is 1. The molecule has 1 heterocycles. The Morgan fingerprint density at radius 3 is 3.00 bits per heavy atom. The average Bonchev–Trinajstić information content (AvgIpc) is 2.29. The molecule has 0 saturated heterocycles. The van der Waals surface area contributed by atoms with Crippen molar-refractivity contribution in [2.45, 2.75) is 0 Å². The molecule has 1 aromatic carbocycles. The number of methoxy groups -OCH3 is 1. The molecule has 0 atom stereocenters. The Hall–Kier alpha value is -2.10. The fourth-order valence-electron chi connectivity index (χ4n) is 1.25. The molecule has 15 heavy (non-hydrogen) atoms. The zero-order valence-electron chi connectivity index (χ0n) is 8.27. The lowest BCUT2D eigenvalue weighted by molar-refractivity contribution is 0.380. The minimum Gasteiger partial charge on any atom is -0.467 e. The first-order valence-electron chi connectivity index (χ1n) is 4.44. The number of nitrogens with zero attached hydrogens (tertiary/aromatic N) is 2. The van der Waals surface area contributed by atoms with Crippen LogP contribution < -0.4 is 10.5 Å². The third-order valence-electron chi connectivity index (χ3n) is 1.94. The van der Waals surface area contributed by atoms with Crippen LogP contribution >= 0.6 is 0 Å². The van der Waals surface area contributed by atoms with Gasteiger partial charge in [-0.2, -0.15) is 9.97 Å². The van der Waals surface area contributed by atoms with E-state index in [1.165, 1.54) is 7.11 Å². The number of rotatable bonds is 2. The van der Waals surface area contributed by atoms with Gasteiger partial charge in [-0.3, -0.25) is 0 Å². The lowest BCUT2D eigenvalue weighted by Crippen LogP contribution is -1.93. The molecule has 0 fully saturated rings. The molecule has 0 bridgehead atoms. The molecule has 4 nitrogen and oxygen atoms in total. The third-order valence-corrected chi connectivity index (χ3v) is 1.94. The van der Waals surface area contributed by atoms with Gasteiger partial charge in [-0.1, -0.05) is 12.1 Å². The van der Waals surface area contributed by atoms with E-state index in [0.29, 0.717) is 11.7 Å². The van der Waals surface area contributed by atoms with Gasteiger partial charge in [0.1, 0.15) is 0 Å². The molecular formula is C11H10N3O. The Balaban J connectivity index is 2.44. The third kappa shape index (κ3) is 2.04. The van der Waals surface area contributed by atoms with Gasteiger partial charge < -0.3 is 10.5 Å².